The molecule has 3 aromatic rings. The van der Waals surface area contributed by atoms with Crippen molar-refractivity contribution < 1.29 is 38.1 Å². The molecule has 0 radical (unpaired) electrons. The number of nitrogens with one attached hydrogen (secondary N) is 2. The summed E-state index contributed by atoms with van der Waals surface area (Å²) >= 11 is 3.46. The van der Waals surface area contributed by atoms with Gasteiger partial charge < -0.3 is 24.3 Å². The Bertz CT molecular complexity index is 1670. The van der Waals surface area contributed by atoms with Crippen LogP contribution in [-0.2, 0) is 14.4 Å². The summed E-state index contributed by atoms with van der Waals surface area (Å²) in [6, 6.07) is 12.7. The molecule has 236 valence electrons. The van der Waals surface area contributed by atoms with Crippen molar-refractivity contribution in [1.82, 2.24) is 5.32 Å². The molecule has 3 aromatic carbocycles. The highest BCUT2D eigenvalue weighted by Crippen LogP contribution is 2.38. The molecule has 11 nitrogen and oxygen atoms in total. The molecule has 0 aliphatic carbocycles. The zero-order valence-electron chi connectivity index (χ0n) is 25.6. The van der Waals surface area contributed by atoms with E-state index in [0.29, 0.717) is 33.8 Å². The lowest BCUT2D eigenvalue weighted by Gasteiger charge is -2.27. The molecule has 45 heavy (non-hydrogen) atoms. The fourth-order valence-corrected chi connectivity index (χ4v) is 5.03. The van der Waals surface area contributed by atoms with Crippen molar-refractivity contribution >= 4 is 57.1 Å². The van der Waals surface area contributed by atoms with Crippen LogP contribution in [0.25, 0.3) is 6.08 Å². The lowest BCUT2D eigenvalue weighted by atomic mass is 10.1. The lowest BCUT2D eigenvalue weighted by molar-refractivity contribution is -0.122. The van der Waals surface area contributed by atoms with Crippen LogP contribution in [0.15, 0.2) is 58.6 Å². The minimum atomic E-state index is -0.898. The number of carbonyl (C=O) groups is 4. The van der Waals surface area contributed by atoms with E-state index in [9.17, 15) is 19.2 Å². The summed E-state index contributed by atoms with van der Waals surface area (Å²) < 4.78 is 23.1. The van der Waals surface area contributed by atoms with Gasteiger partial charge in [-0.2, -0.15) is 0 Å². The van der Waals surface area contributed by atoms with Gasteiger partial charge in [0.05, 0.1) is 30.5 Å². The Kier molecular flexibility index (Phi) is 10.8. The van der Waals surface area contributed by atoms with Crippen LogP contribution in [-0.4, -0.2) is 50.7 Å². The van der Waals surface area contributed by atoms with Gasteiger partial charge >= 0.3 is 6.03 Å². The van der Waals surface area contributed by atoms with Crippen molar-refractivity contribution in [3.05, 3.63) is 75.3 Å². The minimum Gasteiger partial charge on any atom is -0.493 e. The molecular formula is C33H34BrN3O8. The van der Waals surface area contributed by atoms with E-state index in [1.807, 2.05) is 39.0 Å². The van der Waals surface area contributed by atoms with E-state index in [1.165, 1.54) is 25.3 Å². The average molecular weight is 681 g/mol. The fraction of sp³-hybridized carbons (Fsp3) is 0.273. The van der Waals surface area contributed by atoms with Crippen molar-refractivity contribution in [2.24, 2.45) is 0 Å². The summed E-state index contributed by atoms with van der Waals surface area (Å²) in [7, 11) is 1.45. The van der Waals surface area contributed by atoms with Crippen molar-refractivity contribution in [2.45, 2.75) is 34.1 Å². The SMILES string of the molecule is CCCOc1ccc(N2C(=O)NC(=O)/C(=C/c3cc(Br)c(OCC(=O)Nc4cc(C)ccc4C)c(OCC)c3)C2=O)cc1OC. The molecule has 0 atom stereocenters. The molecule has 0 spiro atoms. The number of ether oxygens (including phenoxy) is 4. The first-order valence-corrected chi connectivity index (χ1v) is 15.0. The summed E-state index contributed by atoms with van der Waals surface area (Å²) in [4.78, 5) is 52.7. The molecule has 1 fully saturated rings. The summed E-state index contributed by atoms with van der Waals surface area (Å²) in [5, 5.41) is 5.06. The van der Waals surface area contributed by atoms with Gasteiger partial charge in [0.2, 0.25) is 0 Å². The number of barbiturate groups is 1. The third-order valence-electron chi connectivity index (χ3n) is 6.63. The second-order valence-electron chi connectivity index (χ2n) is 10.1. The van der Waals surface area contributed by atoms with Gasteiger partial charge in [0.1, 0.15) is 5.57 Å². The van der Waals surface area contributed by atoms with Gasteiger partial charge in [0, 0.05) is 11.8 Å². The molecule has 1 heterocycles. The quantitative estimate of drug-likeness (QED) is 0.177. The maximum Gasteiger partial charge on any atom is 0.335 e. The standard InChI is InChI=1S/C33H34BrN3O8/c1-6-12-44-26-11-10-22(17-27(26)42-5)37-32(40)23(31(39)36-33(37)41)14-21-15-24(34)30(28(16-21)43-7-2)45-18-29(38)35-25-13-19(3)8-9-20(25)4/h8-11,13-17H,6-7,12,18H2,1-5H3,(H,35,38)(H,36,39,41)/b23-14-. The van der Waals surface area contributed by atoms with Crippen LogP contribution in [0.5, 0.6) is 23.0 Å². The Morgan fingerprint density at radius 2 is 1.73 bits per heavy atom. The Balaban J connectivity index is 1.59. The van der Waals surface area contributed by atoms with Crippen molar-refractivity contribution in [3.8, 4) is 23.0 Å². The molecule has 0 aromatic heterocycles. The number of hydrogen-bond donors (Lipinski definition) is 2. The third-order valence-corrected chi connectivity index (χ3v) is 7.22. The van der Waals surface area contributed by atoms with Crippen LogP contribution < -0.4 is 34.5 Å². The zero-order chi connectivity index (χ0) is 32.7. The van der Waals surface area contributed by atoms with Gasteiger partial charge in [-0.3, -0.25) is 19.7 Å². The number of hydrogen-bond acceptors (Lipinski definition) is 8. The van der Waals surface area contributed by atoms with Crippen molar-refractivity contribution in [3.63, 3.8) is 0 Å². The minimum absolute atomic E-state index is 0.190. The van der Waals surface area contributed by atoms with E-state index in [2.05, 4.69) is 26.6 Å². The number of aryl methyl sites for hydroxylation is 2. The molecule has 0 saturated carbocycles. The van der Waals surface area contributed by atoms with E-state index in [4.69, 9.17) is 18.9 Å². The number of urea groups is 1. The molecule has 0 bridgehead atoms. The highest BCUT2D eigenvalue weighted by Gasteiger charge is 2.37. The summed E-state index contributed by atoms with van der Waals surface area (Å²) in [6.45, 7) is 8.02. The monoisotopic (exact) mass is 679 g/mol. The molecule has 5 amide bonds. The number of amides is 5. The highest BCUT2D eigenvalue weighted by molar-refractivity contribution is 9.10. The molecule has 1 saturated heterocycles. The first-order valence-electron chi connectivity index (χ1n) is 14.2. The zero-order valence-corrected chi connectivity index (χ0v) is 27.2. The van der Waals surface area contributed by atoms with Crippen molar-refractivity contribution in [2.75, 3.05) is 37.1 Å². The lowest BCUT2D eigenvalue weighted by Crippen LogP contribution is -2.54. The number of rotatable bonds is 12. The van der Waals surface area contributed by atoms with Gasteiger partial charge in [-0.15, -0.1) is 0 Å². The molecular weight excluding hydrogens is 646 g/mol. The largest absolute Gasteiger partial charge is 0.493 e. The Hall–Kier alpha value is -4.84. The maximum absolute atomic E-state index is 13.5. The molecule has 1 aliphatic heterocycles. The molecule has 12 heteroatoms. The van der Waals surface area contributed by atoms with E-state index in [0.717, 1.165) is 22.4 Å². The Labute approximate surface area is 269 Å². The average Bonchev–Trinajstić information content (AvgIpc) is 3.00. The number of methoxy groups -OCH3 is 1. The predicted octanol–water partition coefficient (Wildman–Crippen LogP) is 5.95. The van der Waals surface area contributed by atoms with Crippen LogP contribution in [0.4, 0.5) is 16.2 Å². The number of carbonyl (C=O) groups excluding carboxylic acids is 4. The van der Waals surface area contributed by atoms with Gasteiger partial charge in [0.25, 0.3) is 17.7 Å². The number of nitrogens with zero attached hydrogens (tertiary/aromatic N) is 1. The molecule has 4 rings (SSSR count). The summed E-state index contributed by atoms with van der Waals surface area (Å²) in [5.41, 5.74) is 2.94. The van der Waals surface area contributed by atoms with Crippen LogP contribution in [0, 0.1) is 13.8 Å². The van der Waals surface area contributed by atoms with Gasteiger partial charge in [-0.1, -0.05) is 19.1 Å². The van der Waals surface area contributed by atoms with E-state index in [1.54, 1.807) is 25.1 Å². The van der Waals surface area contributed by atoms with E-state index < -0.39 is 17.8 Å². The normalized spacial score (nSPS) is 13.9. The number of benzene rings is 3. The Morgan fingerprint density at radius 3 is 2.44 bits per heavy atom. The van der Waals surface area contributed by atoms with Crippen molar-refractivity contribution in [1.29, 1.82) is 0 Å². The van der Waals surface area contributed by atoms with Crippen LogP contribution in [0.1, 0.15) is 37.0 Å². The van der Waals surface area contributed by atoms with E-state index >= 15 is 0 Å². The fourth-order valence-electron chi connectivity index (χ4n) is 4.45. The van der Waals surface area contributed by atoms with E-state index in [-0.39, 0.29) is 41.9 Å². The van der Waals surface area contributed by atoms with Gasteiger partial charge in [0.15, 0.2) is 29.6 Å². The second-order valence-corrected chi connectivity index (χ2v) is 10.9. The second kappa shape index (κ2) is 14.8. The third kappa shape index (κ3) is 7.82. The van der Waals surface area contributed by atoms with Crippen LogP contribution in [0.3, 0.4) is 0 Å². The van der Waals surface area contributed by atoms with Gasteiger partial charge in [-0.25, -0.2) is 9.69 Å². The highest BCUT2D eigenvalue weighted by atomic mass is 79.9. The van der Waals surface area contributed by atoms with Crippen LogP contribution in [0.2, 0.25) is 0 Å². The number of imide groups is 2. The summed E-state index contributed by atoms with van der Waals surface area (Å²) in [5.74, 6) is -0.712. The smallest absolute Gasteiger partial charge is 0.335 e. The molecule has 1 aliphatic rings. The van der Waals surface area contributed by atoms with Gasteiger partial charge in [-0.05, 0) is 96.2 Å². The molecule has 0 unspecified atom stereocenters. The number of anilines is 2. The summed E-state index contributed by atoms with van der Waals surface area (Å²) in [6.07, 6.45) is 2.13. The van der Waals surface area contributed by atoms with Crippen LogP contribution >= 0.6 is 15.9 Å². The Morgan fingerprint density at radius 1 is 0.956 bits per heavy atom. The first kappa shape index (κ1) is 33.1. The number of halogens is 1. The predicted molar refractivity (Wildman–Crippen MR) is 173 cm³/mol. The first-order chi connectivity index (χ1) is 21.6. The maximum atomic E-state index is 13.5. The molecule has 2 N–H and O–H groups in total. The topological polar surface area (TPSA) is 132 Å².